The van der Waals surface area contributed by atoms with Crippen molar-refractivity contribution >= 4 is 29.9 Å². The molecule has 1 atom stereocenters. The molecular weight excluding hydrogens is 290 g/mol. The molecule has 0 radical (unpaired) electrons. The fourth-order valence-corrected chi connectivity index (χ4v) is 2.19. The van der Waals surface area contributed by atoms with Crippen molar-refractivity contribution in [2.45, 2.75) is 19.8 Å². The van der Waals surface area contributed by atoms with E-state index in [9.17, 15) is 9.59 Å². The van der Waals surface area contributed by atoms with Crippen LogP contribution in [0.15, 0.2) is 24.3 Å². The number of carbonyl (C=O) groups excluding carboxylic acids is 2. The molecule has 0 aliphatic carbocycles. The van der Waals surface area contributed by atoms with Gasteiger partial charge in [-0.15, -0.1) is 12.4 Å². The first-order valence-corrected chi connectivity index (χ1v) is 7.00. The zero-order valence-electron chi connectivity index (χ0n) is 12.2. The van der Waals surface area contributed by atoms with Crippen LogP contribution >= 0.6 is 12.4 Å². The second-order valence-corrected chi connectivity index (χ2v) is 5.25. The highest BCUT2D eigenvalue weighted by Gasteiger charge is 2.22. The molecule has 0 spiro atoms. The van der Waals surface area contributed by atoms with E-state index in [0.29, 0.717) is 25.1 Å². The quantitative estimate of drug-likeness (QED) is 0.866. The Kier molecular flexibility index (Phi) is 6.65. The summed E-state index contributed by atoms with van der Waals surface area (Å²) in [4.78, 5) is 25.5. The second-order valence-electron chi connectivity index (χ2n) is 5.25. The Hall–Kier alpha value is -1.59. The summed E-state index contributed by atoms with van der Waals surface area (Å²) in [5.41, 5.74) is 6.90. The van der Waals surface area contributed by atoms with Gasteiger partial charge in [0.15, 0.2) is 0 Å². The number of hydrogen-bond donors (Lipinski definition) is 2. The Morgan fingerprint density at radius 3 is 2.86 bits per heavy atom. The Balaban J connectivity index is 0.00000220. The summed E-state index contributed by atoms with van der Waals surface area (Å²) in [6.07, 6.45) is 1.47. The Labute approximate surface area is 131 Å². The molecule has 0 bridgehead atoms. The van der Waals surface area contributed by atoms with Crippen LogP contribution in [0, 0.1) is 5.92 Å². The third kappa shape index (κ3) is 4.44. The fraction of sp³-hybridized carbons (Fsp3) is 0.467. The summed E-state index contributed by atoms with van der Waals surface area (Å²) in [5.74, 6) is 0.250. The average Bonchev–Trinajstić information content (AvgIpc) is 2.90. The topological polar surface area (TPSA) is 75.4 Å². The van der Waals surface area contributed by atoms with Gasteiger partial charge in [0.1, 0.15) is 0 Å². The van der Waals surface area contributed by atoms with Gasteiger partial charge in [-0.2, -0.15) is 0 Å². The fourth-order valence-electron chi connectivity index (χ4n) is 2.19. The van der Waals surface area contributed by atoms with Crippen LogP contribution in [-0.2, 0) is 4.79 Å². The van der Waals surface area contributed by atoms with Crippen molar-refractivity contribution in [2.24, 2.45) is 11.7 Å². The summed E-state index contributed by atoms with van der Waals surface area (Å²) in [5, 5.41) is 2.86. The minimum absolute atomic E-state index is 0. The van der Waals surface area contributed by atoms with Crippen LogP contribution < -0.4 is 16.0 Å². The van der Waals surface area contributed by atoms with E-state index < -0.39 is 0 Å². The number of benzene rings is 1. The second kappa shape index (κ2) is 8.00. The first-order valence-electron chi connectivity index (χ1n) is 7.00. The minimum Gasteiger partial charge on any atom is -0.352 e. The highest BCUT2D eigenvalue weighted by atomic mass is 35.5. The minimum atomic E-state index is -0.126. The molecule has 1 unspecified atom stereocenters. The van der Waals surface area contributed by atoms with E-state index in [0.717, 1.165) is 18.7 Å². The molecule has 5 nitrogen and oxygen atoms in total. The number of anilines is 1. The van der Waals surface area contributed by atoms with E-state index >= 15 is 0 Å². The number of halogens is 1. The number of nitrogens with two attached hydrogens (primary N) is 1. The van der Waals surface area contributed by atoms with Gasteiger partial charge in [0.2, 0.25) is 5.91 Å². The van der Waals surface area contributed by atoms with Crippen LogP contribution in [-0.4, -0.2) is 31.4 Å². The summed E-state index contributed by atoms with van der Waals surface area (Å²) < 4.78 is 0. The third-order valence-electron chi connectivity index (χ3n) is 3.51. The third-order valence-corrected chi connectivity index (χ3v) is 3.51. The average molecular weight is 312 g/mol. The number of nitrogens with one attached hydrogen (secondary N) is 1. The van der Waals surface area contributed by atoms with Gasteiger partial charge in [-0.1, -0.05) is 13.0 Å². The molecule has 21 heavy (non-hydrogen) atoms. The van der Waals surface area contributed by atoms with E-state index in [4.69, 9.17) is 5.73 Å². The van der Waals surface area contributed by atoms with E-state index in [1.165, 1.54) is 0 Å². The van der Waals surface area contributed by atoms with E-state index in [1.807, 2.05) is 19.1 Å². The van der Waals surface area contributed by atoms with Gasteiger partial charge in [-0.25, -0.2) is 0 Å². The van der Waals surface area contributed by atoms with Gasteiger partial charge in [-0.05, 0) is 37.1 Å². The van der Waals surface area contributed by atoms with Crippen LogP contribution in [0.4, 0.5) is 5.69 Å². The predicted molar refractivity (Wildman–Crippen MR) is 85.8 cm³/mol. The lowest BCUT2D eigenvalue weighted by Crippen LogP contribution is -2.31. The Morgan fingerprint density at radius 2 is 2.24 bits per heavy atom. The zero-order valence-corrected chi connectivity index (χ0v) is 13.0. The highest BCUT2D eigenvalue weighted by Crippen LogP contribution is 2.22. The molecule has 1 heterocycles. The lowest BCUT2D eigenvalue weighted by Gasteiger charge is -2.16. The van der Waals surface area contributed by atoms with Crippen molar-refractivity contribution in [2.75, 3.05) is 24.5 Å². The summed E-state index contributed by atoms with van der Waals surface area (Å²) in [6, 6.07) is 7.20. The highest BCUT2D eigenvalue weighted by molar-refractivity contribution is 5.99. The number of carbonyl (C=O) groups is 2. The molecule has 1 aliphatic heterocycles. The molecule has 6 heteroatoms. The van der Waals surface area contributed by atoms with Gasteiger partial charge in [-0.3, -0.25) is 9.59 Å². The normalized spacial score (nSPS) is 15.5. The molecule has 1 aliphatic rings. The van der Waals surface area contributed by atoms with Crippen LogP contribution in [0.3, 0.4) is 0 Å². The van der Waals surface area contributed by atoms with Crippen LogP contribution in [0.5, 0.6) is 0 Å². The standard InChI is InChI=1S/C15H21N3O2.ClH/c1-11(9-16)10-17-15(20)12-4-2-5-13(8-12)18-7-3-6-14(18)19;/h2,4-5,8,11H,3,6-7,9-10,16H2,1H3,(H,17,20);1H. The van der Waals surface area contributed by atoms with Crippen molar-refractivity contribution in [3.8, 4) is 0 Å². The van der Waals surface area contributed by atoms with Gasteiger partial charge in [0, 0.05) is 30.8 Å². The lowest BCUT2D eigenvalue weighted by atomic mass is 10.1. The van der Waals surface area contributed by atoms with Gasteiger partial charge >= 0.3 is 0 Å². The van der Waals surface area contributed by atoms with Gasteiger partial charge in [0.05, 0.1) is 0 Å². The van der Waals surface area contributed by atoms with Crippen molar-refractivity contribution in [3.05, 3.63) is 29.8 Å². The number of hydrogen-bond acceptors (Lipinski definition) is 3. The summed E-state index contributed by atoms with van der Waals surface area (Å²) >= 11 is 0. The molecule has 1 aromatic rings. The molecule has 0 saturated carbocycles. The molecule has 2 amide bonds. The molecule has 3 N–H and O–H groups in total. The van der Waals surface area contributed by atoms with Crippen LogP contribution in [0.25, 0.3) is 0 Å². The smallest absolute Gasteiger partial charge is 0.251 e. The zero-order chi connectivity index (χ0) is 14.5. The van der Waals surface area contributed by atoms with E-state index in [-0.39, 0.29) is 30.1 Å². The molecule has 1 saturated heterocycles. The number of amides is 2. The SMILES string of the molecule is CC(CN)CNC(=O)c1cccc(N2CCCC2=O)c1.Cl. The Morgan fingerprint density at radius 1 is 1.48 bits per heavy atom. The van der Waals surface area contributed by atoms with E-state index in [1.54, 1.807) is 17.0 Å². The molecular formula is C15H22ClN3O2. The maximum absolute atomic E-state index is 12.1. The number of nitrogens with zero attached hydrogens (tertiary/aromatic N) is 1. The first kappa shape index (κ1) is 17.5. The van der Waals surface area contributed by atoms with E-state index in [2.05, 4.69) is 5.32 Å². The van der Waals surface area contributed by atoms with Crippen molar-refractivity contribution in [3.63, 3.8) is 0 Å². The van der Waals surface area contributed by atoms with Crippen molar-refractivity contribution < 1.29 is 9.59 Å². The van der Waals surface area contributed by atoms with Gasteiger partial charge < -0.3 is 16.0 Å². The van der Waals surface area contributed by atoms with Crippen LogP contribution in [0.2, 0.25) is 0 Å². The molecule has 0 aromatic heterocycles. The predicted octanol–water partition coefficient (Wildman–Crippen LogP) is 1.56. The summed E-state index contributed by atoms with van der Waals surface area (Å²) in [7, 11) is 0. The number of rotatable bonds is 5. The van der Waals surface area contributed by atoms with Crippen LogP contribution in [0.1, 0.15) is 30.1 Å². The van der Waals surface area contributed by atoms with Crippen molar-refractivity contribution in [1.82, 2.24) is 5.32 Å². The summed E-state index contributed by atoms with van der Waals surface area (Å²) in [6.45, 7) is 3.82. The van der Waals surface area contributed by atoms with Crippen molar-refractivity contribution in [1.29, 1.82) is 0 Å². The monoisotopic (exact) mass is 311 g/mol. The molecule has 1 aromatic carbocycles. The maximum atomic E-state index is 12.1. The molecule has 116 valence electrons. The lowest BCUT2D eigenvalue weighted by molar-refractivity contribution is -0.117. The largest absolute Gasteiger partial charge is 0.352 e. The molecule has 1 fully saturated rings. The first-order chi connectivity index (χ1) is 9.61. The Bertz CT molecular complexity index is 507. The maximum Gasteiger partial charge on any atom is 0.251 e. The van der Waals surface area contributed by atoms with Gasteiger partial charge in [0.25, 0.3) is 5.91 Å². The molecule has 2 rings (SSSR count).